The Kier molecular flexibility index (Phi) is 6.33. The fourth-order valence-corrected chi connectivity index (χ4v) is 2.34. The molecule has 0 bridgehead atoms. The van der Waals surface area contributed by atoms with E-state index in [9.17, 15) is 4.79 Å². The van der Waals surface area contributed by atoms with E-state index in [1.54, 1.807) is 18.2 Å². The molecular weight excluding hydrogens is 276 g/mol. The lowest BCUT2D eigenvalue weighted by Crippen LogP contribution is -2.20. The summed E-state index contributed by atoms with van der Waals surface area (Å²) < 4.78 is 0. The minimum Gasteiger partial charge on any atom is -0.481 e. The van der Waals surface area contributed by atoms with Crippen LogP contribution in [0.5, 0.6) is 0 Å². The largest absolute Gasteiger partial charge is 0.481 e. The van der Waals surface area contributed by atoms with E-state index in [-0.39, 0.29) is 12.3 Å². The van der Waals surface area contributed by atoms with Crippen molar-refractivity contribution in [2.75, 3.05) is 11.9 Å². The van der Waals surface area contributed by atoms with Gasteiger partial charge in [0, 0.05) is 18.0 Å². The number of aliphatic carboxylic acids is 1. The Hall–Kier alpha value is -1.73. The van der Waals surface area contributed by atoms with Crippen molar-refractivity contribution in [1.82, 2.24) is 0 Å². The highest BCUT2D eigenvalue weighted by Gasteiger charge is 2.15. The molecule has 1 rings (SSSR count). The smallest absolute Gasteiger partial charge is 0.303 e. The van der Waals surface area contributed by atoms with E-state index in [4.69, 9.17) is 22.0 Å². The zero-order chi connectivity index (χ0) is 15.1. The number of carbonyl (C=O) groups is 1. The molecule has 108 valence electrons. The second-order valence-corrected chi connectivity index (χ2v) is 5.71. The van der Waals surface area contributed by atoms with Gasteiger partial charge in [-0.15, -0.1) is 0 Å². The van der Waals surface area contributed by atoms with Gasteiger partial charge in [0.05, 0.1) is 11.3 Å². The normalized spacial score (nSPS) is 11.9. The third-order valence-electron chi connectivity index (χ3n) is 2.95. The second kappa shape index (κ2) is 7.76. The van der Waals surface area contributed by atoms with Crippen molar-refractivity contribution < 1.29 is 9.90 Å². The number of hydrogen-bond donors (Lipinski definition) is 2. The van der Waals surface area contributed by atoms with Crippen molar-refractivity contribution in [1.29, 1.82) is 5.26 Å². The van der Waals surface area contributed by atoms with Crippen molar-refractivity contribution >= 4 is 23.3 Å². The Labute approximate surface area is 124 Å². The van der Waals surface area contributed by atoms with Gasteiger partial charge in [-0.3, -0.25) is 4.79 Å². The summed E-state index contributed by atoms with van der Waals surface area (Å²) in [7, 11) is 0. The molecule has 0 spiro atoms. The molecule has 0 aliphatic heterocycles. The van der Waals surface area contributed by atoms with E-state index in [0.717, 1.165) is 6.42 Å². The lowest BCUT2D eigenvalue weighted by Gasteiger charge is -2.19. The maximum absolute atomic E-state index is 10.9. The van der Waals surface area contributed by atoms with E-state index in [2.05, 4.69) is 25.2 Å². The third-order valence-corrected chi connectivity index (χ3v) is 3.19. The number of nitriles is 1. The molecule has 1 aromatic rings. The fraction of sp³-hybridized carbons (Fsp3) is 0.467. The van der Waals surface area contributed by atoms with Crippen LogP contribution in [-0.4, -0.2) is 17.6 Å². The summed E-state index contributed by atoms with van der Waals surface area (Å²) in [5.74, 6) is -0.349. The molecule has 1 atom stereocenters. The molecular formula is C15H19ClN2O2. The van der Waals surface area contributed by atoms with Crippen molar-refractivity contribution in [3.8, 4) is 6.07 Å². The first-order valence-corrected chi connectivity index (χ1v) is 6.95. The summed E-state index contributed by atoms with van der Waals surface area (Å²) in [6.07, 6.45) is 0.940. The van der Waals surface area contributed by atoms with Crippen molar-refractivity contribution in [2.24, 2.45) is 11.8 Å². The monoisotopic (exact) mass is 294 g/mol. The summed E-state index contributed by atoms with van der Waals surface area (Å²) >= 11 is 5.91. The predicted molar refractivity (Wildman–Crippen MR) is 79.9 cm³/mol. The van der Waals surface area contributed by atoms with Gasteiger partial charge in [-0.1, -0.05) is 25.4 Å². The summed E-state index contributed by atoms with van der Waals surface area (Å²) in [5.41, 5.74) is 1.16. The van der Waals surface area contributed by atoms with E-state index in [1.807, 2.05) is 0 Å². The number of benzene rings is 1. The zero-order valence-corrected chi connectivity index (χ0v) is 12.4. The van der Waals surface area contributed by atoms with Crippen LogP contribution in [0.15, 0.2) is 18.2 Å². The SMILES string of the molecule is CC(C)CC(CNc1cc(Cl)ccc1C#N)CC(=O)O. The van der Waals surface area contributed by atoms with Crippen LogP contribution in [0.2, 0.25) is 5.02 Å². The average molecular weight is 295 g/mol. The molecule has 0 aliphatic carbocycles. The Balaban J connectivity index is 2.74. The number of nitrogens with one attached hydrogen (secondary N) is 1. The zero-order valence-electron chi connectivity index (χ0n) is 11.7. The molecule has 0 heterocycles. The fourth-order valence-electron chi connectivity index (χ4n) is 2.17. The van der Waals surface area contributed by atoms with E-state index in [0.29, 0.717) is 28.7 Å². The number of carboxylic acids is 1. The Morgan fingerprint density at radius 3 is 2.75 bits per heavy atom. The van der Waals surface area contributed by atoms with Crippen LogP contribution in [0.3, 0.4) is 0 Å². The van der Waals surface area contributed by atoms with Gasteiger partial charge in [-0.25, -0.2) is 0 Å². The van der Waals surface area contributed by atoms with Crippen LogP contribution < -0.4 is 5.32 Å². The maximum Gasteiger partial charge on any atom is 0.303 e. The van der Waals surface area contributed by atoms with Crippen LogP contribution >= 0.6 is 11.6 Å². The van der Waals surface area contributed by atoms with Crippen LogP contribution in [0.1, 0.15) is 32.3 Å². The quantitative estimate of drug-likeness (QED) is 0.803. The second-order valence-electron chi connectivity index (χ2n) is 5.28. The number of nitrogens with zero attached hydrogens (tertiary/aromatic N) is 1. The number of carboxylic acid groups (broad SMARTS) is 1. The minimum atomic E-state index is -0.802. The van der Waals surface area contributed by atoms with E-state index in [1.165, 1.54) is 0 Å². The Morgan fingerprint density at radius 1 is 1.50 bits per heavy atom. The Bertz CT molecular complexity index is 509. The molecule has 0 aliphatic rings. The first-order valence-electron chi connectivity index (χ1n) is 6.57. The highest BCUT2D eigenvalue weighted by atomic mass is 35.5. The molecule has 4 nitrogen and oxygen atoms in total. The number of anilines is 1. The molecule has 0 aromatic heterocycles. The van der Waals surface area contributed by atoms with Crippen LogP contribution in [0.4, 0.5) is 5.69 Å². The van der Waals surface area contributed by atoms with Gasteiger partial charge in [0.1, 0.15) is 6.07 Å². The minimum absolute atomic E-state index is 0.0259. The van der Waals surface area contributed by atoms with Crippen molar-refractivity contribution in [2.45, 2.75) is 26.7 Å². The third kappa shape index (κ3) is 5.50. The molecule has 0 saturated carbocycles. The molecule has 0 fully saturated rings. The van der Waals surface area contributed by atoms with Gasteiger partial charge in [0.15, 0.2) is 0 Å². The molecule has 0 radical (unpaired) electrons. The van der Waals surface area contributed by atoms with Crippen molar-refractivity contribution in [3.63, 3.8) is 0 Å². The van der Waals surface area contributed by atoms with Gasteiger partial charge in [-0.2, -0.15) is 5.26 Å². The maximum atomic E-state index is 10.9. The molecule has 2 N–H and O–H groups in total. The summed E-state index contributed by atoms with van der Waals surface area (Å²) in [4.78, 5) is 10.9. The highest BCUT2D eigenvalue weighted by Crippen LogP contribution is 2.22. The number of rotatable bonds is 7. The summed E-state index contributed by atoms with van der Waals surface area (Å²) in [6, 6.07) is 7.09. The van der Waals surface area contributed by atoms with Gasteiger partial charge in [-0.05, 0) is 36.5 Å². The lowest BCUT2D eigenvalue weighted by molar-refractivity contribution is -0.138. The summed E-state index contributed by atoms with van der Waals surface area (Å²) in [5, 5.41) is 21.7. The van der Waals surface area contributed by atoms with Gasteiger partial charge in [0.25, 0.3) is 0 Å². The van der Waals surface area contributed by atoms with Crippen LogP contribution in [-0.2, 0) is 4.79 Å². The molecule has 0 amide bonds. The van der Waals surface area contributed by atoms with E-state index < -0.39 is 5.97 Å². The van der Waals surface area contributed by atoms with Gasteiger partial charge >= 0.3 is 5.97 Å². The molecule has 1 aromatic carbocycles. The summed E-state index contributed by atoms with van der Waals surface area (Å²) in [6.45, 7) is 4.64. The lowest BCUT2D eigenvalue weighted by atomic mass is 9.94. The molecule has 20 heavy (non-hydrogen) atoms. The predicted octanol–water partition coefficient (Wildman–Crippen LogP) is 3.76. The topological polar surface area (TPSA) is 73.1 Å². The number of hydrogen-bond acceptors (Lipinski definition) is 3. The van der Waals surface area contributed by atoms with Gasteiger partial charge in [0.2, 0.25) is 0 Å². The average Bonchev–Trinajstić information content (AvgIpc) is 2.34. The van der Waals surface area contributed by atoms with Crippen LogP contribution in [0, 0.1) is 23.2 Å². The van der Waals surface area contributed by atoms with Gasteiger partial charge < -0.3 is 10.4 Å². The van der Waals surface area contributed by atoms with E-state index >= 15 is 0 Å². The highest BCUT2D eigenvalue weighted by molar-refractivity contribution is 6.30. The van der Waals surface area contributed by atoms with Crippen molar-refractivity contribution in [3.05, 3.63) is 28.8 Å². The number of halogens is 1. The molecule has 1 unspecified atom stereocenters. The van der Waals surface area contributed by atoms with Crippen LogP contribution in [0.25, 0.3) is 0 Å². The molecule has 5 heteroatoms. The first kappa shape index (κ1) is 16.3. The molecule has 0 saturated heterocycles. The first-order chi connectivity index (χ1) is 9.42. The standard InChI is InChI=1S/C15H19ClN2O2/c1-10(2)5-11(6-15(19)20)9-18-14-7-13(16)4-3-12(14)8-17/h3-4,7,10-11,18H,5-6,9H2,1-2H3,(H,19,20). The Morgan fingerprint density at radius 2 is 2.20 bits per heavy atom.